The predicted octanol–water partition coefficient (Wildman–Crippen LogP) is 3.77. The highest BCUT2D eigenvalue weighted by Gasteiger charge is 2.24. The standard InChI is InChI=1S/C22H26N4O/c23-20(16-18-9-5-2-6-10-18)21-24-25-22(27-21)26-13-11-19(12-14-26)15-17-7-3-1-4-8-17/h1-10,19-20H,11-16,23H2. The highest BCUT2D eigenvalue weighted by molar-refractivity contribution is 5.26. The van der Waals surface area contributed by atoms with Crippen LogP contribution in [0.5, 0.6) is 0 Å². The van der Waals surface area contributed by atoms with Crippen molar-refractivity contribution in [2.75, 3.05) is 18.0 Å². The van der Waals surface area contributed by atoms with Crippen LogP contribution in [0.1, 0.15) is 35.9 Å². The molecule has 1 atom stereocenters. The van der Waals surface area contributed by atoms with E-state index in [4.69, 9.17) is 10.2 Å². The first kappa shape index (κ1) is 17.7. The summed E-state index contributed by atoms with van der Waals surface area (Å²) in [5, 5.41) is 8.43. The summed E-state index contributed by atoms with van der Waals surface area (Å²) in [5.74, 6) is 1.23. The van der Waals surface area contributed by atoms with E-state index in [0.717, 1.165) is 32.4 Å². The Morgan fingerprint density at radius 2 is 1.56 bits per heavy atom. The molecule has 0 amide bonds. The van der Waals surface area contributed by atoms with Gasteiger partial charge in [0.2, 0.25) is 5.89 Å². The summed E-state index contributed by atoms with van der Waals surface area (Å²) < 4.78 is 5.89. The Morgan fingerprint density at radius 1 is 0.926 bits per heavy atom. The van der Waals surface area contributed by atoms with Crippen LogP contribution in [0.15, 0.2) is 65.1 Å². The van der Waals surface area contributed by atoms with Crippen LogP contribution in [0.3, 0.4) is 0 Å². The molecule has 27 heavy (non-hydrogen) atoms. The minimum absolute atomic E-state index is 0.274. The average molecular weight is 362 g/mol. The molecule has 0 radical (unpaired) electrons. The van der Waals surface area contributed by atoms with Gasteiger partial charge in [0, 0.05) is 13.1 Å². The number of nitrogens with zero attached hydrogens (tertiary/aromatic N) is 3. The molecule has 0 saturated carbocycles. The Labute approximate surface area is 160 Å². The van der Waals surface area contributed by atoms with E-state index in [1.807, 2.05) is 18.2 Å². The highest BCUT2D eigenvalue weighted by Crippen LogP contribution is 2.26. The van der Waals surface area contributed by atoms with E-state index in [-0.39, 0.29) is 6.04 Å². The van der Waals surface area contributed by atoms with E-state index in [0.29, 0.717) is 24.2 Å². The lowest BCUT2D eigenvalue weighted by atomic mass is 9.90. The number of benzene rings is 2. The number of anilines is 1. The van der Waals surface area contributed by atoms with Gasteiger partial charge in [0.1, 0.15) is 0 Å². The molecule has 1 aliphatic rings. The molecule has 0 aliphatic carbocycles. The quantitative estimate of drug-likeness (QED) is 0.723. The largest absolute Gasteiger partial charge is 0.406 e. The molecule has 1 unspecified atom stereocenters. The molecule has 2 heterocycles. The van der Waals surface area contributed by atoms with Crippen LogP contribution in [0, 0.1) is 5.92 Å². The molecule has 2 aromatic carbocycles. The topological polar surface area (TPSA) is 68.2 Å². The van der Waals surface area contributed by atoms with Gasteiger partial charge in [-0.2, -0.15) is 0 Å². The van der Waals surface area contributed by atoms with Gasteiger partial charge in [0.15, 0.2) is 0 Å². The van der Waals surface area contributed by atoms with E-state index < -0.39 is 0 Å². The summed E-state index contributed by atoms with van der Waals surface area (Å²) in [6, 6.07) is 21.2. The number of nitrogens with two attached hydrogens (primary N) is 1. The van der Waals surface area contributed by atoms with Crippen molar-refractivity contribution in [3.05, 3.63) is 77.7 Å². The lowest BCUT2D eigenvalue weighted by Crippen LogP contribution is -2.34. The second-order valence-electron chi connectivity index (χ2n) is 7.34. The summed E-state index contributed by atoms with van der Waals surface area (Å²) in [4.78, 5) is 2.19. The van der Waals surface area contributed by atoms with Gasteiger partial charge in [-0.05, 0) is 42.7 Å². The lowest BCUT2D eigenvalue weighted by molar-refractivity contribution is 0.376. The van der Waals surface area contributed by atoms with Gasteiger partial charge < -0.3 is 15.1 Å². The van der Waals surface area contributed by atoms with Crippen LogP contribution in [0.2, 0.25) is 0 Å². The van der Waals surface area contributed by atoms with E-state index in [1.165, 1.54) is 11.1 Å². The monoisotopic (exact) mass is 362 g/mol. The zero-order valence-corrected chi connectivity index (χ0v) is 15.5. The maximum atomic E-state index is 6.26. The Balaban J connectivity index is 1.31. The summed E-state index contributed by atoms with van der Waals surface area (Å²) in [5.41, 5.74) is 8.86. The van der Waals surface area contributed by atoms with E-state index in [2.05, 4.69) is 57.6 Å². The van der Waals surface area contributed by atoms with Gasteiger partial charge in [-0.25, -0.2) is 0 Å². The minimum Gasteiger partial charge on any atom is -0.406 e. The van der Waals surface area contributed by atoms with E-state index >= 15 is 0 Å². The van der Waals surface area contributed by atoms with Crippen molar-refractivity contribution in [2.24, 2.45) is 11.7 Å². The highest BCUT2D eigenvalue weighted by atomic mass is 16.4. The number of hydrogen-bond acceptors (Lipinski definition) is 5. The van der Waals surface area contributed by atoms with Crippen LogP contribution >= 0.6 is 0 Å². The zero-order chi connectivity index (χ0) is 18.5. The van der Waals surface area contributed by atoms with Gasteiger partial charge in [0.05, 0.1) is 6.04 Å². The second-order valence-corrected chi connectivity index (χ2v) is 7.34. The third kappa shape index (κ3) is 4.55. The van der Waals surface area contributed by atoms with Gasteiger partial charge in [0.25, 0.3) is 0 Å². The first-order valence-electron chi connectivity index (χ1n) is 9.69. The third-order valence-corrected chi connectivity index (χ3v) is 5.30. The fourth-order valence-electron chi connectivity index (χ4n) is 3.74. The van der Waals surface area contributed by atoms with Crippen LogP contribution in [-0.2, 0) is 12.8 Å². The second kappa shape index (κ2) is 8.35. The third-order valence-electron chi connectivity index (χ3n) is 5.30. The van der Waals surface area contributed by atoms with Gasteiger partial charge >= 0.3 is 6.01 Å². The normalized spacial score (nSPS) is 16.4. The van der Waals surface area contributed by atoms with Crippen LogP contribution in [0.4, 0.5) is 6.01 Å². The SMILES string of the molecule is NC(Cc1ccccc1)c1nnc(N2CCC(Cc3ccccc3)CC2)o1. The first-order valence-corrected chi connectivity index (χ1v) is 9.69. The molecule has 3 aromatic rings. The van der Waals surface area contributed by atoms with Crippen LogP contribution in [0.25, 0.3) is 0 Å². The van der Waals surface area contributed by atoms with Crippen molar-refractivity contribution in [2.45, 2.75) is 31.7 Å². The molecule has 1 fully saturated rings. The Bertz CT molecular complexity index is 826. The van der Waals surface area contributed by atoms with Crippen molar-refractivity contribution < 1.29 is 4.42 Å². The van der Waals surface area contributed by atoms with Crippen LogP contribution < -0.4 is 10.6 Å². The minimum atomic E-state index is -0.274. The Hall–Kier alpha value is -2.66. The molecule has 4 rings (SSSR count). The zero-order valence-electron chi connectivity index (χ0n) is 15.5. The van der Waals surface area contributed by atoms with Crippen molar-refractivity contribution in [1.29, 1.82) is 0 Å². The van der Waals surface area contributed by atoms with Crippen molar-refractivity contribution in [3.8, 4) is 0 Å². The molecule has 5 nitrogen and oxygen atoms in total. The summed E-state index contributed by atoms with van der Waals surface area (Å²) in [7, 11) is 0. The maximum Gasteiger partial charge on any atom is 0.318 e. The van der Waals surface area contributed by atoms with Crippen LogP contribution in [-0.4, -0.2) is 23.3 Å². The van der Waals surface area contributed by atoms with E-state index in [9.17, 15) is 0 Å². The fraction of sp³-hybridized carbons (Fsp3) is 0.364. The van der Waals surface area contributed by atoms with Gasteiger partial charge in [-0.3, -0.25) is 0 Å². The summed E-state index contributed by atoms with van der Waals surface area (Å²) in [6.45, 7) is 1.90. The molecule has 1 aliphatic heterocycles. The number of hydrogen-bond donors (Lipinski definition) is 1. The molecular weight excluding hydrogens is 336 g/mol. The van der Waals surface area contributed by atoms with Crippen molar-refractivity contribution in [1.82, 2.24) is 10.2 Å². The summed E-state index contributed by atoms with van der Waals surface area (Å²) >= 11 is 0. The van der Waals surface area contributed by atoms with Gasteiger partial charge in [-0.1, -0.05) is 65.8 Å². The smallest absolute Gasteiger partial charge is 0.318 e. The molecule has 0 spiro atoms. The molecule has 140 valence electrons. The Morgan fingerprint density at radius 3 is 2.22 bits per heavy atom. The number of piperidine rings is 1. The number of rotatable bonds is 6. The maximum absolute atomic E-state index is 6.26. The lowest BCUT2D eigenvalue weighted by Gasteiger charge is -2.30. The first-order chi connectivity index (χ1) is 13.3. The van der Waals surface area contributed by atoms with Gasteiger partial charge in [-0.15, -0.1) is 5.10 Å². The molecule has 1 aromatic heterocycles. The molecule has 2 N–H and O–H groups in total. The predicted molar refractivity (Wildman–Crippen MR) is 106 cm³/mol. The van der Waals surface area contributed by atoms with Crippen molar-refractivity contribution in [3.63, 3.8) is 0 Å². The summed E-state index contributed by atoms with van der Waals surface area (Å²) in [6.07, 6.45) is 4.12. The number of aromatic nitrogens is 2. The molecule has 1 saturated heterocycles. The average Bonchev–Trinajstić information content (AvgIpc) is 3.21. The molecule has 5 heteroatoms. The van der Waals surface area contributed by atoms with E-state index in [1.54, 1.807) is 0 Å². The Kier molecular flexibility index (Phi) is 5.49. The molecule has 0 bridgehead atoms. The fourth-order valence-corrected chi connectivity index (χ4v) is 3.74. The van der Waals surface area contributed by atoms with Crippen molar-refractivity contribution >= 4 is 6.01 Å². The molecular formula is C22H26N4O.